The van der Waals surface area contributed by atoms with Crippen LogP contribution in [0.1, 0.15) is 30.6 Å². The van der Waals surface area contributed by atoms with Crippen molar-refractivity contribution >= 4 is 34.2 Å². The molecular weight excluding hydrogens is 406 g/mol. The molecule has 2 amide bonds. The first kappa shape index (κ1) is 22.6. The van der Waals surface area contributed by atoms with Crippen LogP contribution in [0.2, 0.25) is 0 Å². The molecule has 31 heavy (non-hydrogen) atoms. The summed E-state index contributed by atoms with van der Waals surface area (Å²) >= 11 is 0. The van der Waals surface area contributed by atoms with Gasteiger partial charge in [-0.15, -0.1) is 0 Å². The first-order valence-corrected chi connectivity index (χ1v) is 10.1. The molecule has 1 fully saturated rings. The van der Waals surface area contributed by atoms with Gasteiger partial charge < -0.3 is 15.1 Å². The topological polar surface area (TPSA) is 82.6 Å². The minimum absolute atomic E-state index is 0.322. The summed E-state index contributed by atoms with van der Waals surface area (Å²) in [6.45, 7) is 1.92. The molecule has 0 spiro atoms. The molecule has 7 nitrogen and oxygen atoms in total. The second-order valence-electron chi connectivity index (χ2n) is 8.29. The van der Waals surface area contributed by atoms with Gasteiger partial charge in [-0.05, 0) is 24.3 Å². The van der Waals surface area contributed by atoms with Gasteiger partial charge in [-0.25, -0.2) is 8.78 Å². The Morgan fingerprint density at radius 3 is 2.61 bits per heavy atom. The molecule has 1 N–H and O–H groups in total. The zero-order chi connectivity index (χ0) is 22.9. The van der Waals surface area contributed by atoms with E-state index in [9.17, 15) is 23.2 Å². The second kappa shape index (κ2) is 8.56. The van der Waals surface area contributed by atoms with Gasteiger partial charge in [-0.3, -0.25) is 19.4 Å². The number of fused-ring (bicyclic) bond motifs is 1. The molecule has 0 radical (unpaired) electrons. The van der Waals surface area contributed by atoms with Gasteiger partial charge in [0.15, 0.2) is 5.78 Å². The molecule has 0 aliphatic carbocycles. The number of amides is 2. The van der Waals surface area contributed by atoms with Crippen molar-refractivity contribution in [2.45, 2.75) is 32.2 Å². The predicted molar refractivity (Wildman–Crippen MR) is 113 cm³/mol. The largest absolute Gasteiger partial charge is 0.378 e. The summed E-state index contributed by atoms with van der Waals surface area (Å²) in [5.74, 6) is -5.24. The summed E-state index contributed by atoms with van der Waals surface area (Å²) in [6.07, 6.45) is 0.804. The average molecular weight is 432 g/mol. The van der Waals surface area contributed by atoms with Crippen molar-refractivity contribution in [3.63, 3.8) is 0 Å². The molecule has 1 aliphatic heterocycles. The Balaban J connectivity index is 1.76. The van der Waals surface area contributed by atoms with E-state index >= 15 is 0 Å². The molecule has 2 heterocycles. The Kier molecular flexibility index (Phi) is 6.24. The van der Waals surface area contributed by atoms with Crippen LogP contribution in [0.25, 0.3) is 10.9 Å². The minimum atomic E-state index is -3.13. The lowest BCUT2D eigenvalue weighted by Gasteiger charge is -2.24. The Bertz CT molecular complexity index is 1020. The summed E-state index contributed by atoms with van der Waals surface area (Å²) in [4.78, 5) is 44.7. The van der Waals surface area contributed by atoms with E-state index in [1.54, 1.807) is 19.9 Å². The molecule has 1 unspecified atom stereocenters. The smallest absolute Gasteiger partial charge is 0.267 e. The summed E-state index contributed by atoms with van der Waals surface area (Å²) in [6, 6.07) is 5.85. The van der Waals surface area contributed by atoms with Gasteiger partial charge >= 0.3 is 0 Å². The maximum Gasteiger partial charge on any atom is 0.267 e. The van der Waals surface area contributed by atoms with Crippen LogP contribution in [0.15, 0.2) is 30.5 Å². The monoisotopic (exact) mass is 432 g/mol. The highest BCUT2D eigenvalue weighted by Gasteiger charge is 2.49. The van der Waals surface area contributed by atoms with Gasteiger partial charge in [0.2, 0.25) is 5.91 Å². The Morgan fingerprint density at radius 2 is 1.97 bits per heavy atom. The van der Waals surface area contributed by atoms with Gasteiger partial charge in [-0.1, -0.05) is 13.8 Å². The number of anilines is 1. The molecule has 0 saturated carbocycles. The molecule has 166 valence electrons. The first-order chi connectivity index (χ1) is 14.5. The van der Waals surface area contributed by atoms with E-state index in [0.29, 0.717) is 16.5 Å². The number of ketones is 1. The number of hydrogen-bond donors (Lipinski definition) is 1. The van der Waals surface area contributed by atoms with Crippen LogP contribution in [-0.2, 0) is 9.59 Å². The molecule has 1 aliphatic rings. The highest BCUT2D eigenvalue weighted by molar-refractivity contribution is 6.07. The number of alkyl halides is 2. The zero-order valence-corrected chi connectivity index (χ0v) is 18.0. The number of nitrogens with one attached hydrogen (secondary N) is 1. The van der Waals surface area contributed by atoms with E-state index < -0.39 is 55.0 Å². The SMILES string of the molecule is CC(C)C(=O)C1CC(F)(F)CN1C(=O)CNC(=O)c1ccnc2ccc(N(C)C)cc12. The standard InChI is InChI=1S/C22H26F2N4O3/c1-13(2)20(30)18-10-22(23,24)12-28(18)19(29)11-26-21(31)15-7-8-25-17-6-5-14(27(3)4)9-16(15)17/h5-9,13,18H,10-12H2,1-4H3,(H,26,31). The Morgan fingerprint density at radius 1 is 1.26 bits per heavy atom. The van der Waals surface area contributed by atoms with Crippen molar-refractivity contribution < 1.29 is 23.2 Å². The van der Waals surface area contributed by atoms with E-state index in [1.807, 2.05) is 31.1 Å². The lowest BCUT2D eigenvalue weighted by atomic mass is 9.99. The van der Waals surface area contributed by atoms with Crippen molar-refractivity contribution in [3.05, 3.63) is 36.0 Å². The number of hydrogen-bond acceptors (Lipinski definition) is 5. The number of nitrogens with zero attached hydrogens (tertiary/aromatic N) is 3. The van der Waals surface area contributed by atoms with Crippen molar-refractivity contribution in [2.24, 2.45) is 5.92 Å². The maximum atomic E-state index is 13.9. The van der Waals surface area contributed by atoms with Gasteiger partial charge in [0, 0.05) is 43.7 Å². The molecule has 1 aromatic carbocycles. The van der Waals surface area contributed by atoms with Crippen LogP contribution in [0.3, 0.4) is 0 Å². The van der Waals surface area contributed by atoms with Crippen molar-refractivity contribution in [1.82, 2.24) is 15.2 Å². The van der Waals surface area contributed by atoms with Crippen LogP contribution < -0.4 is 10.2 Å². The second-order valence-corrected chi connectivity index (χ2v) is 8.29. The highest BCUT2D eigenvalue weighted by Crippen LogP contribution is 2.33. The fourth-order valence-corrected chi connectivity index (χ4v) is 3.68. The third-order valence-corrected chi connectivity index (χ3v) is 5.37. The van der Waals surface area contributed by atoms with E-state index in [2.05, 4.69) is 10.3 Å². The van der Waals surface area contributed by atoms with Crippen molar-refractivity contribution in [2.75, 3.05) is 32.1 Å². The van der Waals surface area contributed by atoms with Crippen molar-refractivity contribution in [1.29, 1.82) is 0 Å². The fraction of sp³-hybridized carbons (Fsp3) is 0.455. The number of halogens is 2. The van der Waals surface area contributed by atoms with E-state index in [4.69, 9.17) is 0 Å². The molecule has 0 bridgehead atoms. The number of rotatable bonds is 6. The van der Waals surface area contributed by atoms with Gasteiger partial charge in [-0.2, -0.15) is 0 Å². The summed E-state index contributed by atoms with van der Waals surface area (Å²) in [5, 5.41) is 3.12. The number of benzene rings is 1. The van der Waals surface area contributed by atoms with Crippen LogP contribution in [0.4, 0.5) is 14.5 Å². The number of carbonyl (C=O) groups excluding carboxylic acids is 3. The fourth-order valence-electron chi connectivity index (χ4n) is 3.68. The van der Waals surface area contributed by atoms with E-state index in [0.717, 1.165) is 10.6 Å². The lowest BCUT2D eigenvalue weighted by molar-refractivity contribution is -0.138. The number of aromatic nitrogens is 1. The van der Waals surface area contributed by atoms with Crippen LogP contribution in [0.5, 0.6) is 0 Å². The number of likely N-dealkylation sites (tertiary alicyclic amines) is 1. The summed E-state index contributed by atoms with van der Waals surface area (Å²) in [5.41, 5.74) is 1.81. The zero-order valence-electron chi connectivity index (χ0n) is 18.0. The van der Waals surface area contributed by atoms with Crippen LogP contribution >= 0.6 is 0 Å². The summed E-state index contributed by atoms with van der Waals surface area (Å²) in [7, 11) is 3.74. The third-order valence-electron chi connectivity index (χ3n) is 5.37. The maximum absolute atomic E-state index is 13.9. The predicted octanol–water partition coefficient (Wildman–Crippen LogP) is 2.49. The van der Waals surface area contributed by atoms with E-state index in [-0.39, 0.29) is 0 Å². The number of carbonyl (C=O) groups is 3. The van der Waals surface area contributed by atoms with Gasteiger partial charge in [0.05, 0.1) is 30.2 Å². The average Bonchev–Trinajstić information content (AvgIpc) is 3.05. The van der Waals surface area contributed by atoms with E-state index in [1.165, 1.54) is 12.3 Å². The number of Topliss-reactive ketones (excluding diaryl/α,β-unsaturated/α-hetero) is 1. The lowest BCUT2D eigenvalue weighted by Crippen LogP contribution is -2.46. The van der Waals surface area contributed by atoms with Gasteiger partial charge in [0.1, 0.15) is 0 Å². The Hall–Kier alpha value is -3.10. The normalized spacial score (nSPS) is 17.8. The van der Waals surface area contributed by atoms with Crippen molar-refractivity contribution in [3.8, 4) is 0 Å². The molecule has 2 aromatic rings. The van der Waals surface area contributed by atoms with Crippen LogP contribution in [-0.4, -0.2) is 66.6 Å². The molecule has 1 atom stereocenters. The number of pyridine rings is 1. The first-order valence-electron chi connectivity index (χ1n) is 10.1. The highest BCUT2D eigenvalue weighted by atomic mass is 19.3. The quantitative estimate of drug-likeness (QED) is 0.759. The molecule has 9 heteroatoms. The minimum Gasteiger partial charge on any atom is -0.378 e. The molecular formula is C22H26F2N4O3. The Labute approximate surface area is 179 Å². The summed E-state index contributed by atoms with van der Waals surface area (Å²) < 4.78 is 27.9. The van der Waals surface area contributed by atoms with Crippen LogP contribution in [0, 0.1) is 5.92 Å². The third kappa shape index (κ3) is 4.81. The molecule has 3 rings (SSSR count). The van der Waals surface area contributed by atoms with Gasteiger partial charge in [0.25, 0.3) is 11.8 Å². The molecule has 1 aromatic heterocycles. The molecule has 1 saturated heterocycles.